The number of nitrogens with one attached hydrogen (secondary N) is 1. The van der Waals surface area contributed by atoms with Gasteiger partial charge >= 0.3 is 0 Å². The molecule has 1 aromatic rings. The van der Waals surface area contributed by atoms with E-state index in [9.17, 15) is 9.90 Å². The minimum atomic E-state index is -0.476. The number of anilines is 1. The fourth-order valence-corrected chi connectivity index (χ4v) is 3.15. The van der Waals surface area contributed by atoms with Crippen LogP contribution in [-0.4, -0.2) is 35.1 Å². The smallest absolute Gasteiger partial charge is 0.220 e. The van der Waals surface area contributed by atoms with E-state index < -0.39 is 6.10 Å². The number of amides is 1. The lowest BCUT2D eigenvalue weighted by Gasteiger charge is -2.41. The monoisotopic (exact) mass is 275 g/mol. The summed E-state index contributed by atoms with van der Waals surface area (Å²) in [7, 11) is 0. The first-order valence-corrected chi connectivity index (χ1v) is 7.32. The minimum absolute atomic E-state index is 0.194. The topological polar surface area (TPSA) is 65.5 Å². The van der Waals surface area contributed by atoms with Gasteiger partial charge in [0.05, 0.1) is 6.10 Å². The van der Waals surface area contributed by atoms with Gasteiger partial charge < -0.3 is 15.3 Å². The molecule has 1 amide bonds. The summed E-state index contributed by atoms with van der Waals surface area (Å²) < 4.78 is 0. The average Bonchev–Trinajstić information content (AvgIpc) is 2.47. The zero-order chi connectivity index (χ0) is 14.1. The zero-order valence-electron chi connectivity index (χ0n) is 11.7. The Hall–Kier alpha value is -1.62. The normalized spacial score (nSPS) is 27.7. The van der Waals surface area contributed by atoms with Gasteiger partial charge in [-0.25, -0.2) is 4.98 Å². The van der Waals surface area contributed by atoms with Gasteiger partial charge in [-0.15, -0.1) is 0 Å². The van der Waals surface area contributed by atoms with Crippen molar-refractivity contribution in [2.45, 2.75) is 38.3 Å². The number of hydrogen-bond acceptors (Lipinski definition) is 4. The van der Waals surface area contributed by atoms with Crippen LogP contribution in [0.2, 0.25) is 0 Å². The Morgan fingerprint density at radius 3 is 3.00 bits per heavy atom. The quantitative estimate of drug-likeness (QED) is 0.852. The highest BCUT2D eigenvalue weighted by molar-refractivity contribution is 5.77. The number of carbonyl (C=O) groups is 1. The molecule has 108 valence electrons. The summed E-state index contributed by atoms with van der Waals surface area (Å²) in [5.41, 5.74) is 0.841. The number of fused-ring (bicyclic) bond motifs is 1. The summed E-state index contributed by atoms with van der Waals surface area (Å²) in [6, 6.07) is 4.25. The van der Waals surface area contributed by atoms with Crippen LogP contribution >= 0.6 is 0 Å². The third-order valence-corrected chi connectivity index (χ3v) is 4.40. The molecule has 2 saturated heterocycles. The molecule has 2 aliphatic heterocycles. The molecule has 5 nitrogen and oxygen atoms in total. The predicted octanol–water partition coefficient (Wildman–Crippen LogP) is 1.24. The van der Waals surface area contributed by atoms with E-state index in [4.69, 9.17) is 0 Å². The van der Waals surface area contributed by atoms with Crippen LogP contribution in [-0.2, 0) is 4.79 Å². The molecule has 5 heteroatoms. The number of rotatable bonds is 2. The predicted molar refractivity (Wildman–Crippen MR) is 76.4 cm³/mol. The summed E-state index contributed by atoms with van der Waals surface area (Å²) in [5.74, 6) is 1.68. The number of aliphatic hydroxyl groups is 1. The minimum Gasteiger partial charge on any atom is -0.389 e. The van der Waals surface area contributed by atoms with Gasteiger partial charge in [-0.2, -0.15) is 0 Å². The SMILES string of the molecule is C[C@@H](O)c1ccc(N2CCC3NC(=O)CCC3C2)nc1. The van der Waals surface area contributed by atoms with Crippen LogP contribution in [0.5, 0.6) is 0 Å². The standard InChI is InChI=1S/C15H21N3O2/c1-10(19)11-2-4-14(16-8-11)18-7-6-13-12(9-18)3-5-15(20)17-13/h2,4,8,10,12-13,19H,3,5-7,9H2,1H3,(H,17,20)/t10-,12?,13?/m1/s1. The van der Waals surface area contributed by atoms with E-state index in [0.29, 0.717) is 18.4 Å². The molecule has 0 aliphatic carbocycles. The Morgan fingerprint density at radius 2 is 2.30 bits per heavy atom. The van der Waals surface area contributed by atoms with E-state index in [0.717, 1.165) is 37.3 Å². The molecule has 2 aliphatic rings. The van der Waals surface area contributed by atoms with Crippen LogP contribution in [0.25, 0.3) is 0 Å². The third kappa shape index (κ3) is 2.63. The molecule has 2 unspecified atom stereocenters. The zero-order valence-corrected chi connectivity index (χ0v) is 11.7. The van der Waals surface area contributed by atoms with E-state index >= 15 is 0 Å². The second-order valence-electron chi connectivity index (χ2n) is 5.83. The van der Waals surface area contributed by atoms with Crippen molar-refractivity contribution in [2.24, 2.45) is 5.92 Å². The number of aromatic nitrogens is 1. The van der Waals surface area contributed by atoms with Gasteiger partial charge in [-0.1, -0.05) is 6.07 Å². The van der Waals surface area contributed by atoms with Crippen molar-refractivity contribution < 1.29 is 9.90 Å². The number of nitrogens with zero attached hydrogens (tertiary/aromatic N) is 2. The molecular weight excluding hydrogens is 254 g/mol. The van der Waals surface area contributed by atoms with Gasteiger partial charge in [0.15, 0.2) is 0 Å². The highest BCUT2D eigenvalue weighted by atomic mass is 16.3. The maximum absolute atomic E-state index is 11.4. The van der Waals surface area contributed by atoms with Crippen LogP contribution in [0.4, 0.5) is 5.82 Å². The second kappa shape index (κ2) is 5.40. The van der Waals surface area contributed by atoms with E-state index in [1.165, 1.54) is 0 Å². The molecule has 3 rings (SSSR count). The number of carbonyl (C=O) groups excluding carboxylic acids is 1. The van der Waals surface area contributed by atoms with Crippen molar-refractivity contribution in [1.29, 1.82) is 0 Å². The first kappa shape index (κ1) is 13.4. The van der Waals surface area contributed by atoms with Crippen LogP contribution in [0.15, 0.2) is 18.3 Å². The number of aliphatic hydroxyl groups excluding tert-OH is 1. The number of piperidine rings is 2. The molecule has 0 radical (unpaired) electrons. The molecule has 3 heterocycles. The third-order valence-electron chi connectivity index (χ3n) is 4.40. The molecule has 3 atom stereocenters. The molecular formula is C15H21N3O2. The lowest BCUT2D eigenvalue weighted by atomic mass is 9.85. The van der Waals surface area contributed by atoms with Crippen molar-refractivity contribution in [2.75, 3.05) is 18.0 Å². The van der Waals surface area contributed by atoms with Crippen molar-refractivity contribution in [3.63, 3.8) is 0 Å². The number of pyridine rings is 1. The molecule has 20 heavy (non-hydrogen) atoms. The van der Waals surface area contributed by atoms with E-state index in [1.54, 1.807) is 13.1 Å². The Morgan fingerprint density at radius 1 is 1.45 bits per heavy atom. The average molecular weight is 275 g/mol. The maximum Gasteiger partial charge on any atom is 0.220 e. The van der Waals surface area contributed by atoms with Crippen molar-refractivity contribution in [3.8, 4) is 0 Å². The van der Waals surface area contributed by atoms with Crippen molar-refractivity contribution >= 4 is 11.7 Å². The molecule has 0 bridgehead atoms. The van der Waals surface area contributed by atoms with Crippen LogP contribution < -0.4 is 10.2 Å². The Balaban J connectivity index is 1.68. The molecule has 0 spiro atoms. The molecule has 0 saturated carbocycles. The molecule has 2 fully saturated rings. The lowest BCUT2D eigenvalue weighted by Crippen LogP contribution is -2.54. The highest BCUT2D eigenvalue weighted by Gasteiger charge is 2.34. The summed E-state index contributed by atoms with van der Waals surface area (Å²) in [5, 5.41) is 12.6. The van der Waals surface area contributed by atoms with Crippen molar-refractivity contribution in [3.05, 3.63) is 23.9 Å². The fourth-order valence-electron chi connectivity index (χ4n) is 3.15. The Bertz CT molecular complexity index is 486. The van der Waals surface area contributed by atoms with Gasteiger partial charge in [0.2, 0.25) is 5.91 Å². The first-order chi connectivity index (χ1) is 9.63. The summed E-state index contributed by atoms with van der Waals surface area (Å²) in [6.07, 6.45) is 3.86. The van der Waals surface area contributed by atoms with Crippen LogP contribution in [0, 0.1) is 5.92 Å². The van der Waals surface area contributed by atoms with E-state index in [2.05, 4.69) is 15.2 Å². The molecule has 2 N–H and O–H groups in total. The van der Waals surface area contributed by atoms with Gasteiger partial charge in [0.1, 0.15) is 5.82 Å². The van der Waals surface area contributed by atoms with Gasteiger partial charge in [0, 0.05) is 31.7 Å². The Labute approximate surface area is 119 Å². The largest absolute Gasteiger partial charge is 0.389 e. The Kier molecular flexibility index (Phi) is 3.61. The molecule has 1 aromatic heterocycles. The maximum atomic E-state index is 11.4. The molecule has 0 aromatic carbocycles. The van der Waals surface area contributed by atoms with Crippen LogP contribution in [0.1, 0.15) is 37.9 Å². The van der Waals surface area contributed by atoms with E-state index in [-0.39, 0.29) is 5.91 Å². The van der Waals surface area contributed by atoms with Crippen molar-refractivity contribution in [1.82, 2.24) is 10.3 Å². The summed E-state index contributed by atoms with van der Waals surface area (Å²) in [6.45, 7) is 3.61. The summed E-state index contributed by atoms with van der Waals surface area (Å²) in [4.78, 5) is 18.1. The van der Waals surface area contributed by atoms with Gasteiger partial charge in [-0.3, -0.25) is 4.79 Å². The highest BCUT2D eigenvalue weighted by Crippen LogP contribution is 2.28. The fraction of sp³-hybridized carbons (Fsp3) is 0.600. The first-order valence-electron chi connectivity index (χ1n) is 7.32. The van der Waals surface area contributed by atoms with E-state index in [1.807, 2.05) is 12.1 Å². The number of hydrogen-bond donors (Lipinski definition) is 2. The van der Waals surface area contributed by atoms with Crippen LogP contribution in [0.3, 0.4) is 0 Å². The lowest BCUT2D eigenvalue weighted by molar-refractivity contribution is -0.124. The van der Waals surface area contributed by atoms with Gasteiger partial charge in [0.25, 0.3) is 0 Å². The second-order valence-corrected chi connectivity index (χ2v) is 5.83. The van der Waals surface area contributed by atoms with Gasteiger partial charge in [-0.05, 0) is 37.3 Å². The summed E-state index contributed by atoms with van der Waals surface area (Å²) >= 11 is 0.